The molecule has 0 spiro atoms. The Labute approximate surface area is 99.6 Å². The molecular formula is C13H15FN2O. The van der Waals surface area contributed by atoms with Crippen LogP contribution in [0.3, 0.4) is 0 Å². The highest BCUT2D eigenvalue weighted by Gasteiger charge is 2.08. The summed E-state index contributed by atoms with van der Waals surface area (Å²) >= 11 is 0. The second kappa shape index (κ2) is 4.57. The Morgan fingerprint density at radius 3 is 2.65 bits per heavy atom. The van der Waals surface area contributed by atoms with E-state index < -0.39 is 0 Å². The van der Waals surface area contributed by atoms with Crippen LogP contribution in [0, 0.1) is 26.6 Å². The maximum absolute atomic E-state index is 13.3. The first-order valence-electron chi connectivity index (χ1n) is 5.49. The summed E-state index contributed by atoms with van der Waals surface area (Å²) in [5, 5.41) is 7.03. The molecule has 0 aliphatic carbocycles. The predicted molar refractivity (Wildman–Crippen MR) is 64.4 cm³/mol. The number of aryl methyl sites for hydroxylation is 3. The van der Waals surface area contributed by atoms with Crippen molar-refractivity contribution in [3.8, 4) is 0 Å². The molecule has 4 heteroatoms. The number of hydrogen-bond acceptors (Lipinski definition) is 3. The first-order valence-corrected chi connectivity index (χ1v) is 5.49. The lowest BCUT2D eigenvalue weighted by Crippen LogP contribution is -2.01. The zero-order valence-corrected chi connectivity index (χ0v) is 10.2. The fourth-order valence-corrected chi connectivity index (χ4v) is 1.65. The van der Waals surface area contributed by atoms with Gasteiger partial charge in [0.25, 0.3) is 0 Å². The molecule has 0 bridgehead atoms. The molecule has 1 aromatic carbocycles. The highest BCUT2D eigenvalue weighted by molar-refractivity contribution is 5.46. The number of nitrogens with zero attached hydrogens (tertiary/aromatic N) is 1. The third kappa shape index (κ3) is 2.46. The quantitative estimate of drug-likeness (QED) is 0.885. The molecule has 0 fully saturated rings. The van der Waals surface area contributed by atoms with Gasteiger partial charge in [-0.25, -0.2) is 4.39 Å². The summed E-state index contributed by atoms with van der Waals surface area (Å²) < 4.78 is 18.4. The van der Waals surface area contributed by atoms with Crippen molar-refractivity contribution in [2.45, 2.75) is 27.3 Å². The molecular weight excluding hydrogens is 219 g/mol. The molecule has 0 saturated heterocycles. The van der Waals surface area contributed by atoms with Crippen LogP contribution >= 0.6 is 0 Å². The molecule has 0 unspecified atom stereocenters. The van der Waals surface area contributed by atoms with E-state index in [2.05, 4.69) is 10.5 Å². The van der Waals surface area contributed by atoms with E-state index in [4.69, 9.17) is 4.52 Å². The van der Waals surface area contributed by atoms with Gasteiger partial charge in [-0.15, -0.1) is 0 Å². The number of anilines is 1. The van der Waals surface area contributed by atoms with Crippen molar-refractivity contribution in [3.63, 3.8) is 0 Å². The summed E-state index contributed by atoms with van der Waals surface area (Å²) in [6, 6.07) is 5.11. The average Bonchev–Trinajstić information content (AvgIpc) is 2.61. The predicted octanol–water partition coefficient (Wildman–Crippen LogP) is 3.35. The van der Waals surface area contributed by atoms with E-state index in [1.165, 1.54) is 6.07 Å². The summed E-state index contributed by atoms with van der Waals surface area (Å²) in [6.07, 6.45) is 0. The van der Waals surface area contributed by atoms with E-state index in [1.54, 1.807) is 13.0 Å². The Balaban J connectivity index is 2.10. The molecule has 0 atom stereocenters. The van der Waals surface area contributed by atoms with Gasteiger partial charge in [0.2, 0.25) is 0 Å². The maximum Gasteiger partial charge on any atom is 0.138 e. The molecule has 2 rings (SSSR count). The van der Waals surface area contributed by atoms with Crippen LogP contribution in [0.4, 0.5) is 10.1 Å². The van der Waals surface area contributed by atoms with Gasteiger partial charge in [-0.1, -0.05) is 11.2 Å². The second-order valence-corrected chi connectivity index (χ2v) is 4.12. The summed E-state index contributed by atoms with van der Waals surface area (Å²) in [6.45, 7) is 6.09. The van der Waals surface area contributed by atoms with Crippen LogP contribution in [0.25, 0.3) is 0 Å². The molecule has 3 nitrogen and oxygen atoms in total. The maximum atomic E-state index is 13.3. The summed E-state index contributed by atoms with van der Waals surface area (Å²) in [7, 11) is 0. The van der Waals surface area contributed by atoms with E-state index in [9.17, 15) is 4.39 Å². The van der Waals surface area contributed by atoms with Crippen molar-refractivity contribution in [1.29, 1.82) is 0 Å². The molecule has 0 aliphatic heterocycles. The van der Waals surface area contributed by atoms with E-state index in [0.717, 1.165) is 22.7 Å². The first-order chi connectivity index (χ1) is 8.08. The minimum absolute atomic E-state index is 0.200. The third-order valence-corrected chi connectivity index (χ3v) is 2.82. The molecule has 1 N–H and O–H groups in total. The van der Waals surface area contributed by atoms with E-state index in [1.807, 2.05) is 19.9 Å². The number of aromatic nitrogens is 1. The number of halogens is 1. The van der Waals surface area contributed by atoms with Crippen LogP contribution < -0.4 is 5.32 Å². The zero-order chi connectivity index (χ0) is 12.4. The lowest BCUT2D eigenvalue weighted by Gasteiger charge is -2.07. The van der Waals surface area contributed by atoms with Gasteiger partial charge in [0.15, 0.2) is 0 Å². The number of rotatable bonds is 3. The minimum Gasteiger partial charge on any atom is -0.381 e. The highest BCUT2D eigenvalue weighted by Crippen LogP contribution is 2.17. The topological polar surface area (TPSA) is 38.1 Å². The van der Waals surface area contributed by atoms with Crippen LogP contribution in [0.1, 0.15) is 22.6 Å². The van der Waals surface area contributed by atoms with Gasteiger partial charge in [-0.3, -0.25) is 0 Å². The van der Waals surface area contributed by atoms with Crippen molar-refractivity contribution >= 4 is 5.69 Å². The first kappa shape index (κ1) is 11.6. The van der Waals surface area contributed by atoms with E-state index in [0.29, 0.717) is 12.1 Å². The standard InChI is InChI=1S/C13H15FN2O/c1-8-4-5-11(6-13(8)14)15-7-12-9(2)16-17-10(12)3/h4-6,15H,7H2,1-3H3. The second-order valence-electron chi connectivity index (χ2n) is 4.12. The number of nitrogens with one attached hydrogen (secondary N) is 1. The highest BCUT2D eigenvalue weighted by atomic mass is 19.1. The van der Waals surface area contributed by atoms with Gasteiger partial charge in [-0.05, 0) is 38.5 Å². The van der Waals surface area contributed by atoms with E-state index >= 15 is 0 Å². The summed E-state index contributed by atoms with van der Waals surface area (Å²) in [5.74, 6) is 0.594. The van der Waals surface area contributed by atoms with Crippen molar-refractivity contribution in [1.82, 2.24) is 5.16 Å². The monoisotopic (exact) mass is 234 g/mol. The van der Waals surface area contributed by atoms with Crippen molar-refractivity contribution in [2.75, 3.05) is 5.32 Å². The molecule has 0 aliphatic rings. The van der Waals surface area contributed by atoms with E-state index in [-0.39, 0.29) is 5.82 Å². The third-order valence-electron chi connectivity index (χ3n) is 2.82. The fourth-order valence-electron chi connectivity index (χ4n) is 1.65. The Bertz CT molecular complexity index is 515. The van der Waals surface area contributed by atoms with Gasteiger partial charge in [0.05, 0.1) is 5.69 Å². The Morgan fingerprint density at radius 2 is 2.06 bits per heavy atom. The number of hydrogen-bond donors (Lipinski definition) is 1. The number of benzene rings is 1. The normalized spacial score (nSPS) is 10.6. The Hall–Kier alpha value is -1.84. The summed E-state index contributed by atoms with van der Waals surface area (Å²) in [5.41, 5.74) is 3.29. The van der Waals surface area contributed by atoms with Crippen LogP contribution in [-0.2, 0) is 6.54 Å². The van der Waals surface area contributed by atoms with Crippen molar-refractivity contribution < 1.29 is 8.91 Å². The molecule has 0 saturated carbocycles. The van der Waals surface area contributed by atoms with Crippen LogP contribution in [0.15, 0.2) is 22.7 Å². The van der Waals surface area contributed by atoms with Crippen LogP contribution in [0.5, 0.6) is 0 Å². The lowest BCUT2D eigenvalue weighted by molar-refractivity contribution is 0.392. The van der Waals surface area contributed by atoms with Crippen LogP contribution in [-0.4, -0.2) is 5.16 Å². The smallest absolute Gasteiger partial charge is 0.138 e. The van der Waals surface area contributed by atoms with Gasteiger partial charge in [0.1, 0.15) is 11.6 Å². The van der Waals surface area contributed by atoms with Crippen molar-refractivity contribution in [2.24, 2.45) is 0 Å². The SMILES string of the molecule is Cc1ccc(NCc2c(C)noc2C)cc1F. The Kier molecular flexibility index (Phi) is 3.13. The Morgan fingerprint density at radius 1 is 1.29 bits per heavy atom. The van der Waals surface area contributed by atoms with Gasteiger partial charge >= 0.3 is 0 Å². The molecule has 2 aromatic rings. The van der Waals surface area contributed by atoms with Crippen LogP contribution in [0.2, 0.25) is 0 Å². The minimum atomic E-state index is -0.200. The lowest BCUT2D eigenvalue weighted by atomic mass is 10.2. The summed E-state index contributed by atoms with van der Waals surface area (Å²) in [4.78, 5) is 0. The zero-order valence-electron chi connectivity index (χ0n) is 10.2. The van der Waals surface area contributed by atoms with Gasteiger partial charge < -0.3 is 9.84 Å². The largest absolute Gasteiger partial charge is 0.381 e. The van der Waals surface area contributed by atoms with Crippen molar-refractivity contribution in [3.05, 3.63) is 46.6 Å². The van der Waals surface area contributed by atoms with Gasteiger partial charge in [-0.2, -0.15) is 0 Å². The molecule has 90 valence electrons. The fraction of sp³-hybridized carbons (Fsp3) is 0.308. The molecule has 0 radical (unpaired) electrons. The molecule has 1 aromatic heterocycles. The van der Waals surface area contributed by atoms with Gasteiger partial charge in [0, 0.05) is 17.8 Å². The average molecular weight is 234 g/mol. The molecule has 17 heavy (non-hydrogen) atoms. The molecule has 0 amide bonds. The molecule has 1 heterocycles.